The van der Waals surface area contributed by atoms with Gasteiger partial charge < -0.3 is 29.5 Å². The Hall–Kier alpha value is -2.14. The van der Waals surface area contributed by atoms with Crippen LogP contribution in [-0.2, 0) is 32.9 Å². The van der Waals surface area contributed by atoms with Gasteiger partial charge in [-0.15, -0.1) is 0 Å². The molecule has 12 heteroatoms. The van der Waals surface area contributed by atoms with Crippen LogP contribution in [0.25, 0.3) is 0 Å². The molecule has 11 nitrogen and oxygen atoms in total. The number of aliphatic hydroxyl groups excluding tert-OH is 2. The standard InChI is InChI=1S/C47H83O11P/c1-3-5-7-8-9-10-11-12-13-14-15-16-17-18-19-20-21-22-23-24-29-33-46(51)56-38-41(39-57-59(53,54)55)58-47(52)34-30-26-25-28-32-42-43(45(50)37-44(42)49)36-35-40(48)31-27-6-4-2/h12-13,25,28,35-36,40-44,48-49H,3-11,14-24,26-27,29-34,37-39H2,1-2H3,(H2,53,54,55)/b13-12-,28-25-,36-35+/t40-,41+,42+,43+,44-/m0/s1. The van der Waals surface area contributed by atoms with Gasteiger partial charge in [0.2, 0.25) is 0 Å². The molecule has 0 spiro atoms. The number of carbonyl (C=O) groups is 3. The summed E-state index contributed by atoms with van der Waals surface area (Å²) in [6, 6.07) is 0. The molecule has 1 rings (SSSR count). The van der Waals surface area contributed by atoms with Gasteiger partial charge in [0.25, 0.3) is 0 Å². The molecule has 5 atom stereocenters. The largest absolute Gasteiger partial charge is 0.469 e. The number of hydrogen-bond donors (Lipinski definition) is 4. The van der Waals surface area contributed by atoms with E-state index in [9.17, 15) is 29.2 Å². The molecule has 0 aliphatic heterocycles. The Bertz CT molecular complexity index is 1210. The second kappa shape index (κ2) is 36.5. The van der Waals surface area contributed by atoms with Crippen LogP contribution in [0.4, 0.5) is 0 Å². The molecule has 342 valence electrons. The van der Waals surface area contributed by atoms with Crippen molar-refractivity contribution in [3.8, 4) is 0 Å². The number of esters is 2. The van der Waals surface area contributed by atoms with Gasteiger partial charge in [-0.3, -0.25) is 18.9 Å². The number of phosphoric ester groups is 1. The molecule has 0 aromatic heterocycles. The quantitative estimate of drug-likeness (QED) is 0.0200. The number of ketones is 1. The van der Waals surface area contributed by atoms with Crippen molar-refractivity contribution in [1.82, 2.24) is 0 Å². The first kappa shape index (κ1) is 54.9. The maximum atomic E-state index is 12.5. The van der Waals surface area contributed by atoms with E-state index in [-0.39, 0.29) is 37.6 Å². The summed E-state index contributed by atoms with van der Waals surface area (Å²) in [5.74, 6) is -1.85. The Morgan fingerprint density at radius 3 is 1.80 bits per heavy atom. The number of allylic oxidation sites excluding steroid dienone is 5. The Labute approximate surface area is 357 Å². The average molecular weight is 855 g/mol. The number of rotatable bonds is 39. The smallest absolute Gasteiger partial charge is 0.462 e. The molecule has 0 aromatic carbocycles. The van der Waals surface area contributed by atoms with E-state index < -0.39 is 50.6 Å². The SMILES string of the molecule is CCCCCCCC/C=C\CCCCCCCCCCCCCC(=O)OC[C@H](COP(=O)(O)O)OC(=O)CCC/C=C\C[C@H]1[C@@H](O)CC(=O)[C@@H]1/C=C/[C@@H](O)CCCCC. The minimum atomic E-state index is -4.83. The zero-order chi connectivity index (χ0) is 43.4. The monoisotopic (exact) mass is 855 g/mol. The van der Waals surface area contributed by atoms with Gasteiger partial charge in [0.15, 0.2) is 6.10 Å². The normalized spacial score (nSPS) is 18.4. The molecule has 0 unspecified atom stereocenters. The van der Waals surface area contributed by atoms with Crippen LogP contribution >= 0.6 is 7.82 Å². The fourth-order valence-electron chi connectivity index (χ4n) is 7.41. The van der Waals surface area contributed by atoms with E-state index in [0.29, 0.717) is 32.1 Å². The van der Waals surface area contributed by atoms with Gasteiger partial charge in [0, 0.05) is 31.1 Å². The summed E-state index contributed by atoms with van der Waals surface area (Å²) >= 11 is 0. The maximum absolute atomic E-state index is 12.5. The highest BCUT2D eigenvalue weighted by Crippen LogP contribution is 2.36. The number of ether oxygens (including phenoxy) is 2. The van der Waals surface area contributed by atoms with Gasteiger partial charge in [-0.2, -0.15) is 0 Å². The van der Waals surface area contributed by atoms with E-state index in [4.69, 9.17) is 19.3 Å². The summed E-state index contributed by atoms with van der Waals surface area (Å²) in [6.45, 7) is 3.37. The van der Waals surface area contributed by atoms with Crippen LogP contribution in [0.5, 0.6) is 0 Å². The predicted octanol–water partition coefficient (Wildman–Crippen LogP) is 11.1. The van der Waals surface area contributed by atoms with Gasteiger partial charge in [-0.25, -0.2) is 4.57 Å². The fraction of sp³-hybridized carbons (Fsp3) is 0.809. The lowest BCUT2D eigenvalue weighted by molar-refractivity contribution is -0.161. The van der Waals surface area contributed by atoms with Crippen molar-refractivity contribution >= 4 is 25.5 Å². The summed E-state index contributed by atoms with van der Waals surface area (Å²) in [5.41, 5.74) is 0. The molecule has 4 N–H and O–H groups in total. The van der Waals surface area contributed by atoms with E-state index in [1.54, 1.807) is 12.2 Å². The minimum Gasteiger partial charge on any atom is -0.462 e. The molecular formula is C47H83O11P. The third-order valence-corrected chi connectivity index (χ3v) is 11.5. The molecule has 1 fully saturated rings. The average Bonchev–Trinajstić information content (AvgIpc) is 3.47. The van der Waals surface area contributed by atoms with Crippen LogP contribution < -0.4 is 0 Å². The first-order chi connectivity index (χ1) is 28.5. The second-order valence-electron chi connectivity index (χ2n) is 16.5. The topological polar surface area (TPSA) is 177 Å². The van der Waals surface area contributed by atoms with E-state index in [2.05, 4.69) is 30.5 Å². The molecule has 0 heterocycles. The van der Waals surface area contributed by atoms with Gasteiger partial charge in [0.1, 0.15) is 12.4 Å². The number of aliphatic hydroxyl groups is 2. The molecule has 1 saturated carbocycles. The van der Waals surface area contributed by atoms with Crippen LogP contribution in [0, 0.1) is 11.8 Å². The lowest BCUT2D eigenvalue weighted by atomic mass is 9.90. The Morgan fingerprint density at radius 1 is 0.695 bits per heavy atom. The first-order valence-corrected chi connectivity index (χ1v) is 24.9. The molecule has 0 amide bonds. The number of Topliss-reactive ketones (excluding diaryl/α,β-unsaturated/α-hetero) is 1. The van der Waals surface area contributed by atoms with Crippen molar-refractivity contribution in [3.63, 3.8) is 0 Å². The van der Waals surface area contributed by atoms with Gasteiger partial charge in [-0.1, -0.05) is 159 Å². The van der Waals surface area contributed by atoms with Crippen molar-refractivity contribution in [1.29, 1.82) is 0 Å². The van der Waals surface area contributed by atoms with E-state index in [1.165, 1.54) is 96.3 Å². The first-order valence-electron chi connectivity index (χ1n) is 23.4. The number of phosphoric acid groups is 1. The molecule has 0 radical (unpaired) electrons. The van der Waals surface area contributed by atoms with Crippen molar-refractivity contribution in [2.24, 2.45) is 11.8 Å². The Kier molecular flexibility index (Phi) is 34.0. The van der Waals surface area contributed by atoms with Crippen LogP contribution in [0.15, 0.2) is 36.5 Å². The summed E-state index contributed by atoms with van der Waals surface area (Å²) in [5, 5.41) is 20.7. The Balaban J connectivity index is 2.21. The van der Waals surface area contributed by atoms with Crippen molar-refractivity contribution in [3.05, 3.63) is 36.5 Å². The second-order valence-corrected chi connectivity index (χ2v) is 17.8. The van der Waals surface area contributed by atoms with E-state index >= 15 is 0 Å². The highest BCUT2D eigenvalue weighted by atomic mass is 31.2. The summed E-state index contributed by atoms with van der Waals surface area (Å²) in [4.78, 5) is 55.6. The zero-order valence-electron chi connectivity index (χ0n) is 36.9. The molecule has 59 heavy (non-hydrogen) atoms. The lowest BCUT2D eigenvalue weighted by Crippen LogP contribution is -2.29. The molecular weight excluding hydrogens is 771 g/mol. The van der Waals surface area contributed by atoms with Crippen molar-refractivity contribution in [2.45, 2.75) is 218 Å². The third-order valence-electron chi connectivity index (χ3n) is 11.0. The minimum absolute atomic E-state index is 0.0216. The van der Waals surface area contributed by atoms with Crippen molar-refractivity contribution in [2.75, 3.05) is 13.2 Å². The zero-order valence-corrected chi connectivity index (χ0v) is 37.8. The van der Waals surface area contributed by atoms with Gasteiger partial charge in [-0.05, 0) is 57.8 Å². The lowest BCUT2D eigenvalue weighted by Gasteiger charge is -2.18. The van der Waals surface area contributed by atoms with E-state index in [1.807, 2.05) is 12.2 Å². The van der Waals surface area contributed by atoms with Crippen LogP contribution in [0.1, 0.15) is 200 Å². The molecule has 0 bridgehead atoms. The highest BCUT2D eigenvalue weighted by Gasteiger charge is 2.39. The Morgan fingerprint density at radius 2 is 1.20 bits per heavy atom. The molecule has 0 aromatic rings. The summed E-state index contributed by atoms with van der Waals surface area (Å²) in [6.07, 6.45) is 38.0. The number of hydrogen-bond acceptors (Lipinski definition) is 9. The fourth-order valence-corrected chi connectivity index (χ4v) is 7.77. The van der Waals surface area contributed by atoms with Gasteiger partial charge >= 0.3 is 19.8 Å². The van der Waals surface area contributed by atoms with Crippen LogP contribution in [0.2, 0.25) is 0 Å². The number of carbonyl (C=O) groups excluding carboxylic acids is 3. The maximum Gasteiger partial charge on any atom is 0.469 e. The third kappa shape index (κ3) is 32.3. The van der Waals surface area contributed by atoms with Crippen LogP contribution in [-0.4, -0.2) is 69.2 Å². The van der Waals surface area contributed by atoms with Crippen LogP contribution in [0.3, 0.4) is 0 Å². The number of unbranched alkanes of at least 4 members (excludes halogenated alkanes) is 20. The van der Waals surface area contributed by atoms with Gasteiger partial charge in [0.05, 0.1) is 18.8 Å². The predicted molar refractivity (Wildman–Crippen MR) is 235 cm³/mol. The summed E-state index contributed by atoms with van der Waals surface area (Å²) in [7, 11) is -4.83. The molecule has 1 aliphatic carbocycles. The summed E-state index contributed by atoms with van der Waals surface area (Å²) < 4.78 is 26.4. The highest BCUT2D eigenvalue weighted by molar-refractivity contribution is 7.46. The molecule has 0 saturated heterocycles. The van der Waals surface area contributed by atoms with Crippen molar-refractivity contribution < 1.29 is 52.9 Å². The van der Waals surface area contributed by atoms with E-state index in [0.717, 1.165) is 38.5 Å². The molecule has 1 aliphatic rings.